The zero-order chi connectivity index (χ0) is 33.2. The van der Waals surface area contributed by atoms with E-state index in [-0.39, 0.29) is 34.1 Å². The third-order valence-corrected chi connectivity index (χ3v) is 10.2. The number of imidazole rings is 2. The maximum absolute atomic E-state index is 16.1. The molecule has 3 radical (unpaired) electrons. The molecule has 4 aromatic heterocycles. The van der Waals surface area contributed by atoms with E-state index >= 15 is 4.39 Å². The number of nitrogens with zero attached hydrogens (tertiary/aromatic N) is 7. The van der Waals surface area contributed by atoms with E-state index in [0.29, 0.717) is 0 Å². The molecular weight excluding hydrogens is 674 g/mol. The lowest BCUT2D eigenvalue weighted by molar-refractivity contribution is -0.0600. The molecule has 3 aliphatic heterocycles. The van der Waals surface area contributed by atoms with E-state index in [1.165, 1.54) is 21.8 Å². The highest BCUT2D eigenvalue weighted by molar-refractivity contribution is 7.79. The fraction of sp³-hybridized carbons (Fsp3) is 0.524. The van der Waals surface area contributed by atoms with E-state index in [9.17, 15) is 19.0 Å². The summed E-state index contributed by atoms with van der Waals surface area (Å²) in [5.74, 6) is -1.31. The molecule has 10 atom stereocenters. The predicted octanol–water partition coefficient (Wildman–Crippen LogP) is -1.70. The Morgan fingerprint density at radius 3 is 2.47 bits per heavy atom. The number of hydrogen-bond donors (Lipinski definition) is 5. The van der Waals surface area contributed by atoms with E-state index in [4.69, 9.17) is 51.8 Å². The molecule has 3 fully saturated rings. The van der Waals surface area contributed by atoms with E-state index < -0.39 is 89.6 Å². The number of hydrogen-bond acceptors (Lipinski definition) is 17. The van der Waals surface area contributed by atoms with Gasteiger partial charge in [0, 0.05) is 11.2 Å². The summed E-state index contributed by atoms with van der Waals surface area (Å²) in [6.07, 6.45) is -7.27. The Labute approximate surface area is 262 Å². The summed E-state index contributed by atoms with van der Waals surface area (Å²) >= 11 is 0. The van der Waals surface area contributed by atoms with Crippen molar-refractivity contribution in [1.29, 1.82) is 0 Å². The van der Waals surface area contributed by atoms with Crippen molar-refractivity contribution in [2.24, 2.45) is 5.92 Å². The molecule has 26 heteroatoms. The number of ether oxygens (including phenoxy) is 2. The van der Waals surface area contributed by atoms with Crippen molar-refractivity contribution in [1.82, 2.24) is 44.3 Å². The second-order valence-electron chi connectivity index (χ2n) is 10.7. The highest BCUT2D eigenvalue weighted by atomic mass is 31.2. The normalized spacial score (nSPS) is 36.6. The van der Waals surface area contributed by atoms with Gasteiger partial charge in [-0.1, -0.05) is 0 Å². The molecule has 3 saturated heterocycles. The molecule has 7 heterocycles. The summed E-state index contributed by atoms with van der Waals surface area (Å²) in [7, 11) is -3.32. The highest BCUT2D eigenvalue weighted by Gasteiger charge is 2.54. The van der Waals surface area contributed by atoms with Crippen molar-refractivity contribution in [2.75, 3.05) is 31.3 Å². The van der Waals surface area contributed by atoms with Gasteiger partial charge in [0.25, 0.3) is 5.56 Å². The second kappa shape index (κ2) is 11.9. The number of aromatic amines is 1. The van der Waals surface area contributed by atoms with Gasteiger partial charge in [-0.05, 0) is 0 Å². The van der Waals surface area contributed by atoms with Crippen LogP contribution in [0, 0.1) is 5.92 Å². The number of halogens is 1. The fourth-order valence-electron chi connectivity index (χ4n) is 5.68. The molecule has 3 unspecified atom stereocenters. The van der Waals surface area contributed by atoms with Crippen LogP contribution >= 0.6 is 15.2 Å². The Morgan fingerprint density at radius 1 is 1.02 bits per heavy atom. The van der Waals surface area contributed by atoms with E-state index in [0.717, 1.165) is 6.33 Å². The molecule has 0 aromatic carbocycles. The second-order valence-corrected chi connectivity index (χ2v) is 13.9. The first kappa shape index (κ1) is 32.2. The Bertz CT molecular complexity index is 1980. The van der Waals surface area contributed by atoms with Gasteiger partial charge in [-0.2, -0.15) is 4.98 Å². The van der Waals surface area contributed by atoms with E-state index in [1.807, 2.05) is 0 Å². The first-order valence-corrected chi connectivity index (χ1v) is 16.9. The summed E-state index contributed by atoms with van der Waals surface area (Å²) in [6, 6.07) is 0. The smallest absolute Gasteiger partial charge is 0.444 e. The third kappa shape index (κ3) is 5.64. The van der Waals surface area contributed by atoms with Crippen LogP contribution in [0.5, 0.6) is 0 Å². The van der Waals surface area contributed by atoms with Gasteiger partial charge in [0.2, 0.25) is 5.95 Å². The van der Waals surface area contributed by atoms with Crippen molar-refractivity contribution >= 4 is 56.9 Å². The van der Waals surface area contributed by atoms with Crippen LogP contribution in [0.4, 0.5) is 16.2 Å². The van der Waals surface area contributed by atoms with Gasteiger partial charge < -0.3 is 52.4 Å². The number of rotatable bonds is 4. The molecule has 0 saturated carbocycles. The number of alkyl halides is 1. The van der Waals surface area contributed by atoms with Crippen LogP contribution in [0.1, 0.15) is 12.5 Å². The fourth-order valence-corrected chi connectivity index (χ4v) is 7.79. The number of H-pyrrole nitrogens is 1. The molecule has 3 aliphatic rings. The average molecular weight is 700 g/mol. The van der Waals surface area contributed by atoms with Crippen LogP contribution in [0.3, 0.4) is 0 Å². The Hall–Kier alpha value is -3.41. The molecule has 4 aromatic rings. The van der Waals surface area contributed by atoms with E-state index in [1.54, 1.807) is 5.25 Å². The van der Waals surface area contributed by atoms with Crippen molar-refractivity contribution in [2.45, 2.75) is 43.0 Å². The van der Waals surface area contributed by atoms with Gasteiger partial charge in [0.05, 0.1) is 46.1 Å². The zero-order valence-corrected chi connectivity index (χ0v) is 25.5. The number of aliphatic hydroxyl groups is 1. The SMILES string of the molecule is [B-][P@@]1(=O)OC[C@H]2O[C@@H](n3cnc4c(N)ncnc43)[C@@H](F)C2OP(=O)(N[OH2+])OC[C@H]2O[C@@H](n3cnc4c(=O)[nH]c(N)nc43)[C@@H](O1)C2CO. The van der Waals surface area contributed by atoms with Gasteiger partial charge >= 0.3 is 7.75 Å². The van der Waals surface area contributed by atoms with Gasteiger partial charge in [-0.15, -0.1) is 0 Å². The summed E-state index contributed by atoms with van der Waals surface area (Å²) in [4.78, 5) is 34.8. The summed E-state index contributed by atoms with van der Waals surface area (Å²) in [6.45, 7) is -2.05. The Kier molecular flexibility index (Phi) is 8.16. The minimum atomic E-state index is -4.69. The maximum atomic E-state index is 16.1. The van der Waals surface area contributed by atoms with E-state index in [2.05, 4.69) is 29.9 Å². The third-order valence-electron chi connectivity index (χ3n) is 7.85. The lowest BCUT2D eigenvalue weighted by Gasteiger charge is -2.34. The molecule has 22 nitrogen and oxygen atoms in total. The van der Waals surface area contributed by atoms with Gasteiger partial charge in [-0.3, -0.25) is 28.0 Å². The quantitative estimate of drug-likeness (QED) is 0.0685. The predicted molar refractivity (Wildman–Crippen MR) is 155 cm³/mol. The van der Waals surface area contributed by atoms with Crippen molar-refractivity contribution in [3.8, 4) is 0 Å². The number of fused-ring (bicyclic) bond motifs is 5. The number of nitrogens with two attached hydrogens (primary N) is 2. The van der Waals surface area contributed by atoms with Crippen molar-refractivity contribution in [3.05, 3.63) is 29.3 Å². The molecule has 0 aliphatic carbocycles. The van der Waals surface area contributed by atoms with Gasteiger partial charge in [0.15, 0.2) is 41.3 Å². The van der Waals surface area contributed by atoms with Crippen LogP contribution < -0.4 is 22.3 Å². The summed E-state index contributed by atoms with van der Waals surface area (Å²) < 4.78 is 79.9. The minimum absolute atomic E-state index is 0.0212. The first-order chi connectivity index (χ1) is 22.4. The number of nitrogens with one attached hydrogen (secondary N) is 2. The lowest BCUT2D eigenvalue weighted by atomic mass is 9.99. The topological polar surface area (TPSA) is 304 Å². The van der Waals surface area contributed by atoms with Crippen LogP contribution in [0.25, 0.3) is 22.3 Å². The molecule has 47 heavy (non-hydrogen) atoms. The Balaban J connectivity index is 1.24. The van der Waals surface area contributed by atoms with Crippen LogP contribution in [0.15, 0.2) is 23.8 Å². The summed E-state index contributed by atoms with van der Waals surface area (Å²) in [5.41, 5.74) is 11.0. The average Bonchev–Trinajstić information content (AvgIpc) is 3.79. The summed E-state index contributed by atoms with van der Waals surface area (Å²) in [5, 5.41) is 19.7. The highest BCUT2D eigenvalue weighted by Crippen LogP contribution is 2.54. The molecule has 0 amide bonds. The van der Waals surface area contributed by atoms with Crippen LogP contribution in [0.2, 0.25) is 0 Å². The lowest BCUT2D eigenvalue weighted by Crippen LogP contribution is -2.35. The number of aromatic nitrogens is 8. The van der Waals surface area contributed by atoms with Gasteiger partial charge in [-0.25, -0.2) is 28.9 Å². The molecule has 2 bridgehead atoms. The van der Waals surface area contributed by atoms with Crippen LogP contribution in [-0.2, 0) is 36.7 Å². The minimum Gasteiger partial charge on any atom is -0.444 e. The van der Waals surface area contributed by atoms with Gasteiger partial charge in [0.1, 0.15) is 30.2 Å². The number of anilines is 2. The molecule has 0 spiro atoms. The monoisotopic (exact) mass is 700 g/mol. The number of nitrogen functional groups attached to an aromatic ring is 2. The standard InChI is InChI=1S/C21H25BFN11O11P2/c22-46(38)40-3-9-14(10(23)19(43-9)33-5-28-11-15(24)26-4-27-16(11)33)45-47(39,32-37)41-2-8-7(1-35)13(44-46)20(42-8)34-6-29-12-17(34)30-21(25)31-18(12)36/h4-10,13-14,19-20,35,37H,1-3H2,(H,32,39)(H2,24,26,27)(H3,25,30,31,36)/q-1/p+1/t7?,8-,9-,10+,13+,14?,19-,20-,46-,47?/m1/s1. The zero-order valence-electron chi connectivity index (χ0n) is 23.7. The maximum Gasteiger partial charge on any atom is 0.467 e. The number of aliphatic hydroxyl groups excluding tert-OH is 1. The molecule has 251 valence electrons. The van der Waals surface area contributed by atoms with Crippen molar-refractivity contribution in [3.63, 3.8) is 0 Å². The van der Waals surface area contributed by atoms with Crippen molar-refractivity contribution < 1.29 is 51.4 Å². The largest absolute Gasteiger partial charge is 0.467 e. The first-order valence-electron chi connectivity index (χ1n) is 13.7. The van der Waals surface area contributed by atoms with Crippen LogP contribution in [-0.4, -0.2) is 107 Å². The molecule has 7 rings (SSSR count). The molecular formula is C21H26BFN11O11P2. The molecule has 9 N–H and O–H groups in total. The Morgan fingerprint density at radius 2 is 1.72 bits per heavy atom.